The molecular weight excluding hydrogens is 376 g/mol. The summed E-state index contributed by atoms with van der Waals surface area (Å²) in [7, 11) is 0. The van der Waals surface area contributed by atoms with Gasteiger partial charge >= 0.3 is 0 Å². The molecule has 0 radical (unpaired) electrons. The van der Waals surface area contributed by atoms with Crippen molar-refractivity contribution in [2.24, 2.45) is 0 Å². The van der Waals surface area contributed by atoms with Crippen molar-refractivity contribution >= 4 is 5.69 Å². The standard InChI is InChI=1S/C23H24N6O/c1-16(22-27-28-23(30-22)17-9-4-2-5-10-17)24-19-12-8-11-18(15-19)21-26-25-20-13-6-3-7-14-29(20)21/h2,4-5,8-12,15-16,24H,3,6-7,13-14H2,1H3/t16-/m1/s1. The SMILES string of the molecule is C[C@@H](Nc1cccc(-c2nnc3n2CCCCC3)c1)c1nnc(-c2ccccc2)o1. The predicted molar refractivity (Wildman–Crippen MR) is 115 cm³/mol. The van der Waals surface area contributed by atoms with E-state index in [-0.39, 0.29) is 6.04 Å². The maximum atomic E-state index is 5.88. The molecule has 0 amide bonds. The van der Waals surface area contributed by atoms with Crippen LogP contribution in [-0.4, -0.2) is 25.0 Å². The molecule has 1 aliphatic rings. The Morgan fingerprint density at radius 3 is 2.67 bits per heavy atom. The van der Waals surface area contributed by atoms with Crippen molar-refractivity contribution in [1.29, 1.82) is 0 Å². The first kappa shape index (κ1) is 18.5. The molecule has 0 spiro atoms. The maximum Gasteiger partial charge on any atom is 0.247 e. The first-order valence-electron chi connectivity index (χ1n) is 10.5. The van der Waals surface area contributed by atoms with E-state index in [1.807, 2.05) is 49.4 Å². The van der Waals surface area contributed by atoms with Gasteiger partial charge in [0.05, 0.1) is 0 Å². The number of nitrogens with zero attached hydrogens (tertiary/aromatic N) is 5. The van der Waals surface area contributed by atoms with E-state index in [9.17, 15) is 0 Å². The zero-order valence-corrected chi connectivity index (χ0v) is 17.0. The van der Waals surface area contributed by atoms with Crippen LogP contribution < -0.4 is 5.32 Å². The molecule has 2 aromatic carbocycles. The third-order valence-electron chi connectivity index (χ3n) is 5.45. The fraction of sp³-hybridized carbons (Fsp3) is 0.304. The highest BCUT2D eigenvalue weighted by Crippen LogP contribution is 2.27. The van der Waals surface area contributed by atoms with E-state index >= 15 is 0 Å². The van der Waals surface area contributed by atoms with Crippen LogP contribution in [0.4, 0.5) is 5.69 Å². The van der Waals surface area contributed by atoms with Gasteiger partial charge in [0.25, 0.3) is 0 Å². The van der Waals surface area contributed by atoms with Gasteiger partial charge in [0, 0.05) is 29.8 Å². The van der Waals surface area contributed by atoms with Crippen LogP contribution in [0.5, 0.6) is 0 Å². The average Bonchev–Trinajstić information content (AvgIpc) is 3.37. The lowest BCUT2D eigenvalue weighted by atomic mass is 10.1. The first-order chi connectivity index (χ1) is 14.8. The molecule has 7 heteroatoms. The van der Waals surface area contributed by atoms with Gasteiger partial charge in [0.15, 0.2) is 5.82 Å². The number of hydrogen-bond acceptors (Lipinski definition) is 6. The molecule has 0 saturated heterocycles. The van der Waals surface area contributed by atoms with E-state index in [1.54, 1.807) is 0 Å². The molecule has 0 unspecified atom stereocenters. The lowest BCUT2D eigenvalue weighted by molar-refractivity contribution is 0.485. The molecule has 1 N–H and O–H groups in total. The molecule has 5 rings (SSSR count). The van der Waals surface area contributed by atoms with Crippen LogP contribution in [-0.2, 0) is 13.0 Å². The Labute approximate surface area is 175 Å². The summed E-state index contributed by atoms with van der Waals surface area (Å²) < 4.78 is 8.15. The number of aromatic nitrogens is 5. The van der Waals surface area contributed by atoms with E-state index in [0.29, 0.717) is 11.8 Å². The summed E-state index contributed by atoms with van der Waals surface area (Å²) in [5.41, 5.74) is 2.95. The number of fused-ring (bicyclic) bond motifs is 1. The zero-order chi connectivity index (χ0) is 20.3. The van der Waals surface area contributed by atoms with E-state index in [1.165, 1.54) is 19.3 Å². The lowest BCUT2D eigenvalue weighted by Crippen LogP contribution is -2.07. The minimum Gasteiger partial charge on any atom is -0.418 e. The monoisotopic (exact) mass is 400 g/mol. The Morgan fingerprint density at radius 1 is 0.900 bits per heavy atom. The van der Waals surface area contributed by atoms with E-state index in [4.69, 9.17) is 4.42 Å². The van der Waals surface area contributed by atoms with Crippen molar-refractivity contribution in [2.45, 2.75) is 45.2 Å². The molecule has 0 saturated carbocycles. The van der Waals surface area contributed by atoms with Crippen LogP contribution in [0.3, 0.4) is 0 Å². The molecule has 2 aromatic heterocycles. The van der Waals surface area contributed by atoms with Gasteiger partial charge in [-0.15, -0.1) is 20.4 Å². The summed E-state index contributed by atoms with van der Waals surface area (Å²) in [6, 6.07) is 17.9. The number of hydrogen-bond donors (Lipinski definition) is 1. The second-order valence-electron chi connectivity index (χ2n) is 7.66. The number of rotatable bonds is 5. The molecule has 1 aliphatic heterocycles. The zero-order valence-electron chi connectivity index (χ0n) is 17.0. The lowest BCUT2D eigenvalue weighted by Gasteiger charge is -2.13. The average molecular weight is 400 g/mol. The minimum absolute atomic E-state index is 0.124. The van der Waals surface area contributed by atoms with Crippen LogP contribution in [0.15, 0.2) is 59.0 Å². The quantitative estimate of drug-likeness (QED) is 0.513. The summed E-state index contributed by atoms with van der Waals surface area (Å²) in [5.74, 6) is 3.11. The Bertz CT molecular complexity index is 1130. The summed E-state index contributed by atoms with van der Waals surface area (Å²) in [4.78, 5) is 0. The molecule has 0 bridgehead atoms. The largest absolute Gasteiger partial charge is 0.418 e. The van der Waals surface area contributed by atoms with Crippen LogP contribution in [0.25, 0.3) is 22.8 Å². The summed E-state index contributed by atoms with van der Waals surface area (Å²) in [6.45, 7) is 2.99. The summed E-state index contributed by atoms with van der Waals surface area (Å²) >= 11 is 0. The third kappa shape index (κ3) is 3.70. The van der Waals surface area contributed by atoms with Crippen molar-refractivity contribution in [3.8, 4) is 22.8 Å². The van der Waals surface area contributed by atoms with Crippen LogP contribution >= 0.6 is 0 Å². The fourth-order valence-corrected chi connectivity index (χ4v) is 3.87. The highest BCUT2D eigenvalue weighted by Gasteiger charge is 2.18. The van der Waals surface area contributed by atoms with Gasteiger partial charge in [0.2, 0.25) is 11.8 Å². The predicted octanol–water partition coefficient (Wildman–Crippen LogP) is 4.89. The molecule has 3 heterocycles. The van der Waals surface area contributed by atoms with Crippen molar-refractivity contribution < 1.29 is 4.42 Å². The van der Waals surface area contributed by atoms with Crippen LogP contribution in [0.1, 0.15) is 43.9 Å². The van der Waals surface area contributed by atoms with Crippen molar-refractivity contribution in [3.05, 3.63) is 66.3 Å². The van der Waals surface area contributed by atoms with E-state index < -0.39 is 0 Å². The van der Waals surface area contributed by atoms with Gasteiger partial charge < -0.3 is 14.3 Å². The van der Waals surface area contributed by atoms with E-state index in [0.717, 1.165) is 41.4 Å². The molecule has 0 aliphatic carbocycles. The molecular formula is C23H24N6O. The maximum absolute atomic E-state index is 5.88. The summed E-state index contributed by atoms with van der Waals surface area (Å²) in [5, 5.41) is 20.8. The molecule has 30 heavy (non-hydrogen) atoms. The molecule has 1 atom stereocenters. The summed E-state index contributed by atoms with van der Waals surface area (Å²) in [6.07, 6.45) is 4.61. The Balaban J connectivity index is 1.35. The Morgan fingerprint density at radius 2 is 1.77 bits per heavy atom. The first-order valence-corrected chi connectivity index (χ1v) is 10.5. The molecule has 152 valence electrons. The van der Waals surface area contributed by atoms with E-state index in [2.05, 4.69) is 42.4 Å². The van der Waals surface area contributed by atoms with Gasteiger partial charge in [-0.25, -0.2) is 0 Å². The second-order valence-corrected chi connectivity index (χ2v) is 7.66. The fourth-order valence-electron chi connectivity index (χ4n) is 3.87. The number of anilines is 1. The van der Waals surface area contributed by atoms with Crippen molar-refractivity contribution in [3.63, 3.8) is 0 Å². The number of benzene rings is 2. The highest BCUT2D eigenvalue weighted by molar-refractivity contribution is 5.63. The third-order valence-corrected chi connectivity index (χ3v) is 5.45. The number of nitrogens with one attached hydrogen (secondary N) is 1. The van der Waals surface area contributed by atoms with Gasteiger partial charge in [-0.1, -0.05) is 36.8 Å². The smallest absolute Gasteiger partial charge is 0.247 e. The minimum atomic E-state index is -0.124. The molecule has 0 fully saturated rings. The van der Waals surface area contributed by atoms with Gasteiger partial charge in [-0.3, -0.25) is 0 Å². The van der Waals surface area contributed by atoms with Crippen LogP contribution in [0, 0.1) is 0 Å². The normalized spacial score (nSPS) is 14.7. The van der Waals surface area contributed by atoms with Gasteiger partial charge in [-0.2, -0.15) is 0 Å². The van der Waals surface area contributed by atoms with Crippen molar-refractivity contribution in [1.82, 2.24) is 25.0 Å². The second kappa shape index (κ2) is 8.10. The topological polar surface area (TPSA) is 81.7 Å². The van der Waals surface area contributed by atoms with Gasteiger partial charge in [-0.05, 0) is 44.0 Å². The Hall–Kier alpha value is -3.48. The Kier molecular flexibility index (Phi) is 5.01. The van der Waals surface area contributed by atoms with Crippen molar-refractivity contribution in [2.75, 3.05) is 5.32 Å². The van der Waals surface area contributed by atoms with Crippen LogP contribution in [0.2, 0.25) is 0 Å². The molecule has 4 aromatic rings. The van der Waals surface area contributed by atoms with Gasteiger partial charge in [0.1, 0.15) is 11.9 Å². The number of aryl methyl sites for hydroxylation is 1. The highest BCUT2D eigenvalue weighted by atomic mass is 16.4. The molecule has 7 nitrogen and oxygen atoms in total.